The molecule has 2 rings (SSSR count). The Morgan fingerprint density at radius 1 is 1.50 bits per heavy atom. The van der Waals surface area contributed by atoms with Crippen molar-refractivity contribution in [3.8, 4) is 0 Å². The van der Waals surface area contributed by atoms with Crippen LogP contribution in [-0.2, 0) is 9.47 Å². The summed E-state index contributed by atoms with van der Waals surface area (Å²) in [6, 6.07) is 5.75. The first kappa shape index (κ1) is 13.7. The third kappa shape index (κ3) is 3.65. The summed E-state index contributed by atoms with van der Waals surface area (Å²) in [6.45, 7) is 2.69. The van der Waals surface area contributed by atoms with Crippen molar-refractivity contribution in [2.45, 2.75) is 6.10 Å². The van der Waals surface area contributed by atoms with Gasteiger partial charge in [0.05, 0.1) is 25.9 Å². The van der Waals surface area contributed by atoms with Crippen molar-refractivity contribution in [2.24, 2.45) is 5.73 Å². The van der Waals surface area contributed by atoms with Crippen molar-refractivity contribution >= 4 is 38.8 Å². The van der Waals surface area contributed by atoms with E-state index in [1.165, 1.54) is 0 Å². The van der Waals surface area contributed by atoms with Gasteiger partial charge in [0.1, 0.15) is 4.99 Å². The minimum absolute atomic E-state index is 0.0981. The summed E-state index contributed by atoms with van der Waals surface area (Å²) in [5, 5.41) is 3.31. The molecule has 6 heteroatoms. The first-order valence-electron chi connectivity index (χ1n) is 5.69. The van der Waals surface area contributed by atoms with E-state index in [1.807, 2.05) is 18.2 Å². The number of halogens is 1. The minimum atomic E-state index is 0.0981. The predicted molar refractivity (Wildman–Crippen MR) is 79.1 cm³/mol. The second kappa shape index (κ2) is 6.47. The van der Waals surface area contributed by atoms with Crippen LogP contribution in [0, 0.1) is 0 Å². The summed E-state index contributed by atoms with van der Waals surface area (Å²) < 4.78 is 11.8. The Hall–Kier alpha value is -0.690. The molecule has 0 spiro atoms. The maximum absolute atomic E-state index is 5.58. The molecule has 1 fully saturated rings. The Balaban J connectivity index is 1.94. The highest BCUT2D eigenvalue weighted by Crippen LogP contribution is 2.23. The van der Waals surface area contributed by atoms with Crippen LogP contribution in [0.2, 0.25) is 0 Å². The lowest BCUT2D eigenvalue weighted by atomic mass is 10.2. The number of hydrogen-bond donors (Lipinski definition) is 2. The first-order valence-corrected chi connectivity index (χ1v) is 6.89. The topological polar surface area (TPSA) is 56.5 Å². The van der Waals surface area contributed by atoms with Gasteiger partial charge in [-0.25, -0.2) is 0 Å². The Labute approximate surface area is 120 Å². The molecule has 0 aromatic heterocycles. The van der Waals surface area contributed by atoms with Crippen molar-refractivity contribution in [1.82, 2.24) is 0 Å². The molecule has 0 aliphatic carbocycles. The molecule has 98 valence electrons. The summed E-state index contributed by atoms with van der Waals surface area (Å²) in [5.74, 6) is 0. The van der Waals surface area contributed by atoms with E-state index in [1.54, 1.807) is 0 Å². The van der Waals surface area contributed by atoms with Gasteiger partial charge in [0, 0.05) is 22.3 Å². The van der Waals surface area contributed by atoms with Crippen LogP contribution < -0.4 is 11.1 Å². The third-order valence-corrected chi connectivity index (χ3v) is 3.55. The van der Waals surface area contributed by atoms with Crippen LogP contribution >= 0.6 is 28.1 Å². The fourth-order valence-corrected chi connectivity index (χ4v) is 2.34. The van der Waals surface area contributed by atoms with Gasteiger partial charge in [-0.1, -0.05) is 12.2 Å². The molecule has 1 aliphatic heterocycles. The number of benzene rings is 1. The second-order valence-electron chi connectivity index (χ2n) is 4.01. The van der Waals surface area contributed by atoms with Crippen molar-refractivity contribution in [3.63, 3.8) is 0 Å². The summed E-state index contributed by atoms with van der Waals surface area (Å²) in [5.41, 5.74) is 7.41. The lowest BCUT2D eigenvalue weighted by Gasteiger charge is -2.23. The van der Waals surface area contributed by atoms with Gasteiger partial charge in [0.25, 0.3) is 0 Å². The fraction of sp³-hybridized carbons (Fsp3) is 0.417. The summed E-state index contributed by atoms with van der Waals surface area (Å²) in [4.78, 5) is 0.395. The molecule has 1 saturated heterocycles. The van der Waals surface area contributed by atoms with E-state index in [4.69, 9.17) is 27.4 Å². The van der Waals surface area contributed by atoms with Crippen molar-refractivity contribution in [3.05, 3.63) is 28.2 Å². The highest BCUT2D eigenvalue weighted by Gasteiger charge is 2.14. The van der Waals surface area contributed by atoms with Crippen LogP contribution in [-0.4, -0.2) is 37.5 Å². The average molecular weight is 331 g/mol. The van der Waals surface area contributed by atoms with E-state index < -0.39 is 0 Å². The van der Waals surface area contributed by atoms with Gasteiger partial charge in [-0.15, -0.1) is 0 Å². The van der Waals surface area contributed by atoms with Crippen molar-refractivity contribution < 1.29 is 9.47 Å². The van der Waals surface area contributed by atoms with Gasteiger partial charge >= 0.3 is 0 Å². The first-order chi connectivity index (χ1) is 8.66. The smallest absolute Gasteiger partial charge is 0.104 e. The Bertz CT molecular complexity index is 436. The lowest BCUT2D eigenvalue weighted by Crippen LogP contribution is -2.34. The number of rotatable bonds is 4. The zero-order valence-electron chi connectivity index (χ0n) is 9.82. The molecular weight excluding hydrogens is 316 g/mol. The molecule has 1 aromatic carbocycles. The van der Waals surface area contributed by atoms with E-state index >= 15 is 0 Å². The number of anilines is 1. The molecule has 0 saturated carbocycles. The zero-order valence-corrected chi connectivity index (χ0v) is 12.2. The molecule has 1 aliphatic rings. The number of thiocarbonyl (C=S) groups is 1. The number of ether oxygens (including phenoxy) is 2. The van der Waals surface area contributed by atoms with Crippen LogP contribution in [0.25, 0.3) is 0 Å². The van der Waals surface area contributed by atoms with Crippen LogP contribution in [0.1, 0.15) is 5.56 Å². The molecule has 18 heavy (non-hydrogen) atoms. The summed E-state index contributed by atoms with van der Waals surface area (Å²) in [6.07, 6.45) is 0.0981. The Morgan fingerprint density at radius 2 is 2.33 bits per heavy atom. The molecule has 0 radical (unpaired) electrons. The zero-order chi connectivity index (χ0) is 13.0. The number of hydrogen-bond acceptors (Lipinski definition) is 4. The lowest BCUT2D eigenvalue weighted by molar-refractivity contribution is -0.0818. The molecule has 1 atom stereocenters. The molecule has 3 N–H and O–H groups in total. The standard InChI is InChI=1S/C12H15BrN2O2S/c13-10-5-8(12(14)18)1-2-11(10)15-6-9-7-16-3-4-17-9/h1-2,5,9,15H,3-4,6-7H2,(H2,14,18). The summed E-state index contributed by atoms with van der Waals surface area (Å²) in [7, 11) is 0. The molecule has 0 bridgehead atoms. The quantitative estimate of drug-likeness (QED) is 0.826. The van der Waals surface area contributed by atoms with Gasteiger partial charge in [-0.3, -0.25) is 0 Å². The van der Waals surface area contributed by atoms with Crippen LogP contribution in [0.3, 0.4) is 0 Å². The largest absolute Gasteiger partial charge is 0.389 e. The molecule has 1 heterocycles. The van der Waals surface area contributed by atoms with E-state index in [0.717, 1.165) is 15.7 Å². The van der Waals surface area contributed by atoms with E-state index in [9.17, 15) is 0 Å². The normalized spacial score (nSPS) is 19.5. The highest BCUT2D eigenvalue weighted by atomic mass is 79.9. The van der Waals surface area contributed by atoms with Gasteiger partial charge in [0.2, 0.25) is 0 Å². The Morgan fingerprint density at radius 3 is 2.94 bits per heavy atom. The molecular formula is C12H15BrN2O2S. The second-order valence-corrected chi connectivity index (χ2v) is 5.30. The highest BCUT2D eigenvalue weighted by molar-refractivity contribution is 9.10. The van der Waals surface area contributed by atoms with Gasteiger partial charge in [-0.2, -0.15) is 0 Å². The molecule has 1 unspecified atom stereocenters. The Kier molecular flexibility index (Phi) is 4.94. The van der Waals surface area contributed by atoms with E-state index in [-0.39, 0.29) is 6.10 Å². The van der Waals surface area contributed by atoms with Gasteiger partial charge in [0.15, 0.2) is 0 Å². The van der Waals surface area contributed by atoms with Crippen molar-refractivity contribution in [2.75, 3.05) is 31.7 Å². The monoisotopic (exact) mass is 330 g/mol. The SMILES string of the molecule is NC(=S)c1ccc(NCC2COCCO2)c(Br)c1. The minimum Gasteiger partial charge on any atom is -0.389 e. The van der Waals surface area contributed by atoms with Gasteiger partial charge in [-0.05, 0) is 34.1 Å². The van der Waals surface area contributed by atoms with Crippen LogP contribution in [0.5, 0.6) is 0 Å². The molecule has 4 nitrogen and oxygen atoms in total. The number of nitrogens with one attached hydrogen (secondary N) is 1. The van der Waals surface area contributed by atoms with Crippen molar-refractivity contribution in [1.29, 1.82) is 0 Å². The molecule has 0 amide bonds. The van der Waals surface area contributed by atoms with E-state index in [2.05, 4.69) is 21.2 Å². The maximum Gasteiger partial charge on any atom is 0.104 e. The average Bonchev–Trinajstić information content (AvgIpc) is 2.38. The fourth-order valence-electron chi connectivity index (χ4n) is 1.69. The van der Waals surface area contributed by atoms with Gasteiger partial charge < -0.3 is 20.5 Å². The van der Waals surface area contributed by atoms with E-state index in [0.29, 0.717) is 31.4 Å². The maximum atomic E-state index is 5.58. The molecule has 1 aromatic rings. The summed E-state index contributed by atoms with van der Waals surface area (Å²) >= 11 is 8.42. The third-order valence-electron chi connectivity index (χ3n) is 2.66. The number of nitrogens with two attached hydrogens (primary N) is 1. The predicted octanol–water partition coefficient (Wildman–Crippen LogP) is 1.91. The van der Waals surface area contributed by atoms with Crippen LogP contribution in [0.4, 0.5) is 5.69 Å². The van der Waals surface area contributed by atoms with Crippen LogP contribution in [0.15, 0.2) is 22.7 Å².